The molecule has 3 heteroatoms. The van der Waals surface area contributed by atoms with Crippen molar-refractivity contribution in [3.05, 3.63) is 29.6 Å². The summed E-state index contributed by atoms with van der Waals surface area (Å²) in [6, 6.07) is 5.73. The van der Waals surface area contributed by atoms with Crippen LogP contribution in [0.25, 0.3) is 0 Å². The van der Waals surface area contributed by atoms with E-state index in [1.807, 2.05) is 12.1 Å². The van der Waals surface area contributed by atoms with Crippen LogP contribution < -0.4 is 4.90 Å². The molecule has 0 amide bonds. The SMILES string of the molecule is CC1CC(C)C(C)N(c2ccc(CCl)cc2F)C1. The van der Waals surface area contributed by atoms with Crippen molar-refractivity contribution >= 4 is 17.3 Å². The predicted molar refractivity (Wildman–Crippen MR) is 75.7 cm³/mol. The molecule has 0 radical (unpaired) electrons. The maximum Gasteiger partial charge on any atom is 0.146 e. The zero-order valence-corrected chi connectivity index (χ0v) is 12.0. The molecular weight excluding hydrogens is 249 g/mol. The molecule has 0 saturated carbocycles. The third kappa shape index (κ3) is 2.64. The van der Waals surface area contributed by atoms with Crippen molar-refractivity contribution < 1.29 is 4.39 Å². The summed E-state index contributed by atoms with van der Waals surface area (Å²) >= 11 is 5.73. The molecule has 1 aromatic rings. The number of piperidine rings is 1. The molecule has 0 aromatic heterocycles. The fraction of sp³-hybridized carbons (Fsp3) is 0.600. The third-order valence-corrected chi connectivity index (χ3v) is 4.38. The Hall–Kier alpha value is -0.760. The lowest BCUT2D eigenvalue weighted by Gasteiger charge is -2.42. The number of benzene rings is 1. The Balaban J connectivity index is 2.29. The van der Waals surface area contributed by atoms with Crippen LogP contribution in [0, 0.1) is 17.7 Å². The van der Waals surface area contributed by atoms with Crippen molar-refractivity contribution in [3.63, 3.8) is 0 Å². The molecule has 1 aliphatic rings. The van der Waals surface area contributed by atoms with Crippen LogP contribution in [0.1, 0.15) is 32.8 Å². The Kier molecular flexibility index (Phi) is 4.16. The van der Waals surface area contributed by atoms with Gasteiger partial charge in [0.15, 0.2) is 0 Å². The summed E-state index contributed by atoms with van der Waals surface area (Å²) in [6.45, 7) is 7.60. The van der Waals surface area contributed by atoms with Gasteiger partial charge in [0.25, 0.3) is 0 Å². The van der Waals surface area contributed by atoms with Gasteiger partial charge in [-0.2, -0.15) is 0 Å². The van der Waals surface area contributed by atoms with E-state index in [0.29, 0.717) is 23.8 Å². The van der Waals surface area contributed by atoms with E-state index >= 15 is 0 Å². The van der Waals surface area contributed by atoms with E-state index in [1.165, 1.54) is 6.42 Å². The maximum absolute atomic E-state index is 14.1. The molecule has 1 aromatic carbocycles. The van der Waals surface area contributed by atoms with Gasteiger partial charge in [0.2, 0.25) is 0 Å². The van der Waals surface area contributed by atoms with E-state index in [9.17, 15) is 4.39 Å². The van der Waals surface area contributed by atoms with Gasteiger partial charge in [-0.05, 0) is 42.9 Å². The molecular formula is C15H21ClFN. The molecule has 1 nitrogen and oxygen atoms in total. The molecule has 1 saturated heterocycles. The van der Waals surface area contributed by atoms with Crippen molar-refractivity contribution in [2.24, 2.45) is 11.8 Å². The van der Waals surface area contributed by atoms with Gasteiger partial charge < -0.3 is 4.90 Å². The number of nitrogens with zero attached hydrogens (tertiary/aromatic N) is 1. The highest BCUT2D eigenvalue weighted by atomic mass is 35.5. The van der Waals surface area contributed by atoms with Crippen molar-refractivity contribution in [2.75, 3.05) is 11.4 Å². The molecule has 0 spiro atoms. The third-order valence-electron chi connectivity index (χ3n) is 4.07. The molecule has 2 rings (SSSR count). The highest BCUT2D eigenvalue weighted by Crippen LogP contribution is 2.33. The van der Waals surface area contributed by atoms with Crippen LogP contribution in [-0.4, -0.2) is 12.6 Å². The first-order valence-corrected chi connectivity index (χ1v) is 7.17. The van der Waals surface area contributed by atoms with Gasteiger partial charge in [0.05, 0.1) is 5.69 Å². The molecule has 3 atom stereocenters. The van der Waals surface area contributed by atoms with Gasteiger partial charge in [-0.25, -0.2) is 4.39 Å². The second kappa shape index (κ2) is 5.48. The van der Waals surface area contributed by atoms with Gasteiger partial charge in [0, 0.05) is 18.5 Å². The van der Waals surface area contributed by atoms with Gasteiger partial charge in [-0.1, -0.05) is 19.9 Å². The molecule has 0 aliphatic carbocycles. The zero-order chi connectivity index (χ0) is 13.3. The molecule has 3 unspecified atom stereocenters. The number of anilines is 1. The van der Waals surface area contributed by atoms with Crippen molar-refractivity contribution in [1.29, 1.82) is 0 Å². The van der Waals surface area contributed by atoms with Crippen LogP contribution >= 0.6 is 11.6 Å². The van der Waals surface area contributed by atoms with E-state index < -0.39 is 0 Å². The van der Waals surface area contributed by atoms with E-state index in [1.54, 1.807) is 6.07 Å². The Morgan fingerprint density at radius 2 is 2.06 bits per heavy atom. The number of hydrogen-bond donors (Lipinski definition) is 0. The summed E-state index contributed by atoms with van der Waals surface area (Å²) in [5.74, 6) is 1.42. The Bertz CT molecular complexity index is 421. The van der Waals surface area contributed by atoms with E-state index in [2.05, 4.69) is 25.7 Å². The highest BCUT2D eigenvalue weighted by Gasteiger charge is 2.30. The first-order chi connectivity index (χ1) is 8.52. The summed E-state index contributed by atoms with van der Waals surface area (Å²) in [6.07, 6.45) is 1.22. The van der Waals surface area contributed by atoms with E-state index in [4.69, 9.17) is 11.6 Å². The summed E-state index contributed by atoms with van der Waals surface area (Å²) < 4.78 is 14.1. The van der Waals surface area contributed by atoms with Crippen LogP contribution in [0.5, 0.6) is 0 Å². The Morgan fingerprint density at radius 3 is 2.67 bits per heavy atom. The summed E-state index contributed by atoms with van der Waals surface area (Å²) in [5, 5.41) is 0. The predicted octanol–water partition coefficient (Wildman–Crippen LogP) is 4.44. The molecule has 1 fully saturated rings. The largest absolute Gasteiger partial charge is 0.366 e. The lowest BCUT2D eigenvalue weighted by atomic mass is 9.85. The Labute approximate surface area is 114 Å². The summed E-state index contributed by atoms with van der Waals surface area (Å²) in [4.78, 5) is 2.20. The molecule has 18 heavy (non-hydrogen) atoms. The average molecular weight is 270 g/mol. The van der Waals surface area contributed by atoms with Crippen LogP contribution in [0.3, 0.4) is 0 Å². The zero-order valence-electron chi connectivity index (χ0n) is 11.3. The topological polar surface area (TPSA) is 3.24 Å². The average Bonchev–Trinajstić information content (AvgIpc) is 2.34. The lowest BCUT2D eigenvalue weighted by Crippen LogP contribution is -2.46. The Morgan fingerprint density at radius 1 is 1.33 bits per heavy atom. The molecule has 0 bridgehead atoms. The number of rotatable bonds is 2. The van der Waals surface area contributed by atoms with Crippen LogP contribution in [0.4, 0.5) is 10.1 Å². The van der Waals surface area contributed by atoms with Crippen molar-refractivity contribution in [2.45, 2.75) is 39.1 Å². The minimum atomic E-state index is -0.152. The quantitative estimate of drug-likeness (QED) is 0.718. The second-order valence-electron chi connectivity index (χ2n) is 5.63. The number of halogens is 2. The van der Waals surface area contributed by atoms with Gasteiger partial charge >= 0.3 is 0 Å². The molecule has 0 N–H and O–H groups in total. The minimum absolute atomic E-state index is 0.152. The fourth-order valence-electron chi connectivity index (χ4n) is 2.90. The summed E-state index contributed by atoms with van der Waals surface area (Å²) in [7, 11) is 0. The molecule has 100 valence electrons. The van der Waals surface area contributed by atoms with Gasteiger partial charge in [-0.15, -0.1) is 11.6 Å². The van der Waals surface area contributed by atoms with Crippen LogP contribution in [-0.2, 0) is 5.88 Å². The maximum atomic E-state index is 14.1. The normalized spacial score (nSPS) is 28.5. The standard InChI is InChI=1S/C15H21ClFN/c1-10-6-11(2)12(3)18(9-10)15-5-4-13(8-16)7-14(15)17/h4-5,7,10-12H,6,8-9H2,1-3H3. The van der Waals surface area contributed by atoms with Crippen molar-refractivity contribution in [3.8, 4) is 0 Å². The van der Waals surface area contributed by atoms with Crippen LogP contribution in [0.2, 0.25) is 0 Å². The molecule has 1 aliphatic heterocycles. The van der Waals surface area contributed by atoms with E-state index in [-0.39, 0.29) is 5.82 Å². The number of alkyl halides is 1. The van der Waals surface area contributed by atoms with Crippen molar-refractivity contribution in [1.82, 2.24) is 0 Å². The van der Waals surface area contributed by atoms with Gasteiger partial charge in [0.1, 0.15) is 5.82 Å². The smallest absolute Gasteiger partial charge is 0.146 e. The fourth-order valence-corrected chi connectivity index (χ4v) is 3.07. The first kappa shape index (κ1) is 13.7. The lowest BCUT2D eigenvalue weighted by molar-refractivity contribution is 0.295. The molecule has 1 heterocycles. The first-order valence-electron chi connectivity index (χ1n) is 6.64. The highest BCUT2D eigenvalue weighted by molar-refractivity contribution is 6.17. The minimum Gasteiger partial charge on any atom is -0.366 e. The monoisotopic (exact) mass is 269 g/mol. The van der Waals surface area contributed by atoms with E-state index in [0.717, 1.165) is 17.8 Å². The number of hydrogen-bond acceptors (Lipinski definition) is 1. The van der Waals surface area contributed by atoms with Gasteiger partial charge in [-0.3, -0.25) is 0 Å². The van der Waals surface area contributed by atoms with Crippen LogP contribution in [0.15, 0.2) is 18.2 Å². The second-order valence-corrected chi connectivity index (χ2v) is 5.90. The summed E-state index contributed by atoms with van der Waals surface area (Å²) in [5.41, 5.74) is 1.55.